The van der Waals surface area contributed by atoms with Crippen molar-refractivity contribution in [2.45, 2.75) is 39.0 Å². The van der Waals surface area contributed by atoms with E-state index in [1.54, 1.807) is 6.26 Å². The maximum absolute atomic E-state index is 9.12. The van der Waals surface area contributed by atoms with Crippen molar-refractivity contribution in [1.82, 2.24) is 5.32 Å². The van der Waals surface area contributed by atoms with E-state index in [1.165, 1.54) is 5.56 Å². The summed E-state index contributed by atoms with van der Waals surface area (Å²) < 4.78 is 5.38. The summed E-state index contributed by atoms with van der Waals surface area (Å²) in [5.74, 6) is 1.02. The predicted molar refractivity (Wildman–Crippen MR) is 75.7 cm³/mol. The van der Waals surface area contributed by atoms with Gasteiger partial charge in [0.15, 0.2) is 0 Å². The molecule has 1 heterocycles. The molecule has 2 rings (SSSR count). The second kappa shape index (κ2) is 7.12. The van der Waals surface area contributed by atoms with Gasteiger partial charge in [-0.25, -0.2) is 0 Å². The molecule has 1 atom stereocenters. The molecule has 19 heavy (non-hydrogen) atoms. The summed E-state index contributed by atoms with van der Waals surface area (Å²) in [5, 5.41) is 12.7. The number of rotatable bonds is 7. The summed E-state index contributed by atoms with van der Waals surface area (Å²) in [7, 11) is 0. The SMILES string of the molecule is CCC(Cc1ccco1)NCc1cccc(CO)c1. The van der Waals surface area contributed by atoms with E-state index in [4.69, 9.17) is 9.52 Å². The van der Waals surface area contributed by atoms with Gasteiger partial charge in [0.2, 0.25) is 0 Å². The molecule has 0 aliphatic heterocycles. The third kappa shape index (κ3) is 4.23. The van der Waals surface area contributed by atoms with Crippen molar-refractivity contribution < 1.29 is 9.52 Å². The molecule has 0 fully saturated rings. The molecule has 2 aromatic rings. The van der Waals surface area contributed by atoms with Crippen LogP contribution in [0, 0.1) is 0 Å². The first kappa shape index (κ1) is 13.8. The lowest BCUT2D eigenvalue weighted by atomic mass is 10.1. The van der Waals surface area contributed by atoms with Crippen molar-refractivity contribution >= 4 is 0 Å². The summed E-state index contributed by atoms with van der Waals surface area (Å²) in [4.78, 5) is 0. The molecule has 0 saturated heterocycles. The molecule has 2 N–H and O–H groups in total. The second-order valence-corrected chi connectivity index (χ2v) is 4.75. The summed E-state index contributed by atoms with van der Waals surface area (Å²) in [6.45, 7) is 3.08. The first-order valence-electron chi connectivity index (χ1n) is 6.76. The van der Waals surface area contributed by atoms with Crippen LogP contribution < -0.4 is 5.32 Å². The van der Waals surface area contributed by atoms with E-state index >= 15 is 0 Å². The number of benzene rings is 1. The second-order valence-electron chi connectivity index (χ2n) is 4.75. The number of aliphatic hydroxyl groups is 1. The fraction of sp³-hybridized carbons (Fsp3) is 0.375. The Bertz CT molecular complexity index is 479. The van der Waals surface area contributed by atoms with Crippen LogP contribution in [0.25, 0.3) is 0 Å². The summed E-state index contributed by atoms with van der Waals surface area (Å²) in [6.07, 6.45) is 3.68. The van der Waals surface area contributed by atoms with E-state index in [0.29, 0.717) is 6.04 Å². The molecule has 0 aliphatic carbocycles. The summed E-state index contributed by atoms with van der Waals surface area (Å²) >= 11 is 0. The van der Waals surface area contributed by atoms with Gasteiger partial charge >= 0.3 is 0 Å². The minimum atomic E-state index is 0.0947. The quantitative estimate of drug-likeness (QED) is 0.803. The lowest BCUT2D eigenvalue weighted by Gasteiger charge is -2.16. The highest BCUT2D eigenvalue weighted by Crippen LogP contribution is 2.09. The molecule has 1 aromatic carbocycles. The van der Waals surface area contributed by atoms with Crippen molar-refractivity contribution in [1.29, 1.82) is 0 Å². The van der Waals surface area contributed by atoms with Crippen molar-refractivity contribution in [3.8, 4) is 0 Å². The molecule has 102 valence electrons. The molecule has 0 bridgehead atoms. The van der Waals surface area contributed by atoms with E-state index in [0.717, 1.165) is 30.7 Å². The average Bonchev–Trinajstić information content (AvgIpc) is 2.96. The van der Waals surface area contributed by atoms with Gasteiger partial charge in [0.25, 0.3) is 0 Å². The smallest absolute Gasteiger partial charge is 0.105 e. The molecule has 1 aromatic heterocycles. The third-order valence-corrected chi connectivity index (χ3v) is 3.29. The van der Waals surface area contributed by atoms with Gasteiger partial charge in [-0.2, -0.15) is 0 Å². The Balaban J connectivity index is 1.88. The monoisotopic (exact) mass is 259 g/mol. The van der Waals surface area contributed by atoms with Crippen LogP contribution in [0.1, 0.15) is 30.2 Å². The van der Waals surface area contributed by atoms with Crippen LogP contribution in [0.15, 0.2) is 47.1 Å². The molecule has 0 amide bonds. The highest BCUT2D eigenvalue weighted by Gasteiger charge is 2.08. The van der Waals surface area contributed by atoms with Gasteiger partial charge in [-0.15, -0.1) is 0 Å². The van der Waals surface area contributed by atoms with E-state index < -0.39 is 0 Å². The Morgan fingerprint density at radius 1 is 1.21 bits per heavy atom. The maximum atomic E-state index is 9.12. The van der Waals surface area contributed by atoms with Crippen LogP contribution in [-0.2, 0) is 19.6 Å². The van der Waals surface area contributed by atoms with E-state index in [9.17, 15) is 0 Å². The van der Waals surface area contributed by atoms with Gasteiger partial charge in [0, 0.05) is 19.0 Å². The average molecular weight is 259 g/mol. The van der Waals surface area contributed by atoms with E-state index in [2.05, 4.69) is 18.3 Å². The fourth-order valence-corrected chi connectivity index (χ4v) is 2.13. The molecular formula is C16H21NO2. The van der Waals surface area contributed by atoms with Crippen molar-refractivity contribution in [2.75, 3.05) is 0 Å². The zero-order valence-corrected chi connectivity index (χ0v) is 11.3. The Hall–Kier alpha value is -1.58. The Morgan fingerprint density at radius 2 is 2.05 bits per heavy atom. The van der Waals surface area contributed by atoms with Crippen molar-refractivity contribution in [3.63, 3.8) is 0 Å². The van der Waals surface area contributed by atoms with Gasteiger partial charge in [-0.05, 0) is 29.7 Å². The number of nitrogens with one attached hydrogen (secondary N) is 1. The maximum Gasteiger partial charge on any atom is 0.105 e. The fourth-order valence-electron chi connectivity index (χ4n) is 2.13. The van der Waals surface area contributed by atoms with Crippen LogP contribution in [0.4, 0.5) is 0 Å². The van der Waals surface area contributed by atoms with Gasteiger partial charge in [-0.1, -0.05) is 31.2 Å². The molecular weight excluding hydrogens is 238 g/mol. The van der Waals surface area contributed by atoms with Crippen LogP contribution in [-0.4, -0.2) is 11.1 Å². The van der Waals surface area contributed by atoms with Gasteiger partial charge < -0.3 is 14.8 Å². The molecule has 3 nitrogen and oxygen atoms in total. The minimum Gasteiger partial charge on any atom is -0.469 e. The predicted octanol–water partition coefficient (Wildman–Crippen LogP) is 2.88. The van der Waals surface area contributed by atoms with E-state index in [-0.39, 0.29) is 6.61 Å². The summed E-state index contributed by atoms with van der Waals surface area (Å²) in [6, 6.07) is 12.4. The van der Waals surface area contributed by atoms with Crippen LogP contribution in [0.2, 0.25) is 0 Å². The first-order chi connectivity index (χ1) is 9.31. The molecule has 1 unspecified atom stereocenters. The van der Waals surface area contributed by atoms with Crippen molar-refractivity contribution in [3.05, 3.63) is 59.5 Å². The highest BCUT2D eigenvalue weighted by molar-refractivity contribution is 5.22. The van der Waals surface area contributed by atoms with Crippen molar-refractivity contribution in [2.24, 2.45) is 0 Å². The van der Waals surface area contributed by atoms with Gasteiger partial charge in [0.05, 0.1) is 12.9 Å². The third-order valence-electron chi connectivity index (χ3n) is 3.29. The van der Waals surface area contributed by atoms with Gasteiger partial charge in [0.1, 0.15) is 5.76 Å². The molecule has 0 spiro atoms. The topological polar surface area (TPSA) is 45.4 Å². The molecule has 0 aliphatic rings. The van der Waals surface area contributed by atoms with Crippen LogP contribution in [0.3, 0.4) is 0 Å². The number of aliphatic hydroxyl groups excluding tert-OH is 1. The van der Waals surface area contributed by atoms with Gasteiger partial charge in [-0.3, -0.25) is 0 Å². The summed E-state index contributed by atoms with van der Waals surface area (Å²) in [5.41, 5.74) is 2.16. The van der Waals surface area contributed by atoms with Crippen LogP contribution >= 0.6 is 0 Å². The lowest BCUT2D eigenvalue weighted by molar-refractivity contribution is 0.281. The highest BCUT2D eigenvalue weighted by atomic mass is 16.3. The molecule has 3 heteroatoms. The Morgan fingerprint density at radius 3 is 2.74 bits per heavy atom. The zero-order chi connectivity index (χ0) is 13.5. The minimum absolute atomic E-state index is 0.0947. The molecule has 0 saturated carbocycles. The standard InChI is InChI=1S/C16H21NO2/c1-2-15(10-16-7-4-8-19-16)17-11-13-5-3-6-14(9-13)12-18/h3-9,15,17-18H,2,10-12H2,1H3. The first-order valence-corrected chi connectivity index (χ1v) is 6.76. The molecule has 0 radical (unpaired) electrons. The lowest BCUT2D eigenvalue weighted by Crippen LogP contribution is -2.29. The number of furan rings is 1. The van der Waals surface area contributed by atoms with E-state index in [1.807, 2.05) is 30.3 Å². The van der Waals surface area contributed by atoms with Crippen LogP contribution in [0.5, 0.6) is 0 Å². The largest absolute Gasteiger partial charge is 0.469 e. The number of hydrogen-bond acceptors (Lipinski definition) is 3. The number of hydrogen-bond donors (Lipinski definition) is 2. The Labute approximate surface area is 114 Å². The zero-order valence-electron chi connectivity index (χ0n) is 11.3. The normalized spacial score (nSPS) is 12.5. The Kier molecular flexibility index (Phi) is 5.19.